The maximum Gasteiger partial charge on any atom is 0.387 e. The van der Waals surface area contributed by atoms with E-state index < -0.39 is 6.61 Å². The van der Waals surface area contributed by atoms with Gasteiger partial charge in [0, 0.05) is 11.8 Å². The van der Waals surface area contributed by atoms with Crippen LogP contribution in [0.15, 0.2) is 18.2 Å². The first-order chi connectivity index (χ1) is 8.10. The Kier molecular flexibility index (Phi) is 5.55. The molecule has 0 aliphatic rings. The van der Waals surface area contributed by atoms with Crippen molar-refractivity contribution in [3.8, 4) is 5.75 Å². The molecule has 1 aromatic rings. The van der Waals surface area contributed by atoms with E-state index in [1.807, 2.05) is 6.92 Å². The molecule has 1 aromatic carbocycles. The number of carbonyl (C=O) groups is 1. The molecule has 0 aliphatic carbocycles. The Bertz CT molecular complexity index is 394. The van der Waals surface area contributed by atoms with Gasteiger partial charge in [0.05, 0.1) is 5.56 Å². The van der Waals surface area contributed by atoms with Crippen molar-refractivity contribution < 1.29 is 18.3 Å². The highest BCUT2D eigenvalue weighted by Crippen LogP contribution is 2.26. The number of carbonyl (C=O) groups excluding carboxylic acids is 1. The molecule has 0 saturated heterocycles. The minimum Gasteiger partial charge on any atom is -0.434 e. The van der Waals surface area contributed by atoms with Crippen molar-refractivity contribution in [3.63, 3.8) is 0 Å². The standard InChI is InChI=1S/C12H13BrF2O2/c1-2-8-4-3-5-10(17-12(14)15)11(8)9(16)6-7-13/h3-5,12H,2,6-7H2,1H3. The monoisotopic (exact) mass is 306 g/mol. The summed E-state index contributed by atoms with van der Waals surface area (Å²) in [6.45, 7) is -1.05. The quantitative estimate of drug-likeness (QED) is 0.590. The number of Topliss-reactive ketones (excluding diaryl/α,β-unsaturated/α-hetero) is 1. The number of benzene rings is 1. The van der Waals surface area contributed by atoms with Gasteiger partial charge in [-0.15, -0.1) is 0 Å². The maximum absolute atomic E-state index is 12.2. The zero-order valence-electron chi connectivity index (χ0n) is 9.38. The third-order valence-electron chi connectivity index (χ3n) is 2.31. The highest BCUT2D eigenvalue weighted by atomic mass is 79.9. The van der Waals surface area contributed by atoms with E-state index in [2.05, 4.69) is 20.7 Å². The fraction of sp³-hybridized carbons (Fsp3) is 0.417. The summed E-state index contributed by atoms with van der Waals surface area (Å²) in [6, 6.07) is 4.76. The summed E-state index contributed by atoms with van der Waals surface area (Å²) >= 11 is 3.16. The van der Waals surface area contributed by atoms with Gasteiger partial charge in [0.1, 0.15) is 5.75 Å². The second-order valence-electron chi connectivity index (χ2n) is 3.38. The van der Waals surface area contributed by atoms with Crippen LogP contribution in [0, 0.1) is 0 Å². The van der Waals surface area contributed by atoms with E-state index in [9.17, 15) is 13.6 Å². The van der Waals surface area contributed by atoms with Crippen molar-refractivity contribution in [2.45, 2.75) is 26.4 Å². The molecular formula is C12H13BrF2O2. The number of ketones is 1. The summed E-state index contributed by atoms with van der Waals surface area (Å²) < 4.78 is 28.9. The molecule has 0 fully saturated rings. The molecule has 0 saturated carbocycles. The van der Waals surface area contributed by atoms with Gasteiger partial charge in [-0.05, 0) is 18.1 Å². The van der Waals surface area contributed by atoms with Crippen LogP contribution in [0.5, 0.6) is 5.75 Å². The van der Waals surface area contributed by atoms with Gasteiger partial charge in [0.15, 0.2) is 5.78 Å². The summed E-state index contributed by atoms with van der Waals surface area (Å²) in [5.41, 5.74) is 1.00. The molecule has 0 aromatic heterocycles. The molecule has 0 heterocycles. The molecule has 0 radical (unpaired) electrons. The number of alkyl halides is 3. The Morgan fingerprint density at radius 3 is 2.71 bits per heavy atom. The van der Waals surface area contributed by atoms with E-state index in [0.717, 1.165) is 5.56 Å². The van der Waals surface area contributed by atoms with Gasteiger partial charge in [0.2, 0.25) is 0 Å². The molecule has 2 nitrogen and oxygen atoms in total. The Morgan fingerprint density at radius 1 is 1.47 bits per heavy atom. The van der Waals surface area contributed by atoms with E-state index in [1.165, 1.54) is 6.07 Å². The van der Waals surface area contributed by atoms with Crippen LogP contribution in [0.3, 0.4) is 0 Å². The van der Waals surface area contributed by atoms with Gasteiger partial charge < -0.3 is 4.74 Å². The van der Waals surface area contributed by atoms with E-state index in [1.54, 1.807) is 12.1 Å². The average molecular weight is 307 g/mol. The Balaban J connectivity index is 3.15. The lowest BCUT2D eigenvalue weighted by atomic mass is 9.99. The minimum atomic E-state index is -2.92. The van der Waals surface area contributed by atoms with Crippen LogP contribution in [-0.4, -0.2) is 17.7 Å². The number of hydrogen-bond donors (Lipinski definition) is 0. The van der Waals surface area contributed by atoms with Crippen LogP contribution in [-0.2, 0) is 6.42 Å². The van der Waals surface area contributed by atoms with Gasteiger partial charge in [-0.25, -0.2) is 0 Å². The first-order valence-electron chi connectivity index (χ1n) is 5.26. The van der Waals surface area contributed by atoms with Gasteiger partial charge in [-0.3, -0.25) is 4.79 Å². The predicted molar refractivity (Wildman–Crippen MR) is 65.2 cm³/mol. The zero-order chi connectivity index (χ0) is 12.8. The van der Waals surface area contributed by atoms with Crippen molar-refractivity contribution in [2.75, 3.05) is 5.33 Å². The molecule has 0 bridgehead atoms. The third kappa shape index (κ3) is 3.77. The Hall–Kier alpha value is -0.970. The Morgan fingerprint density at radius 2 is 2.18 bits per heavy atom. The molecule has 0 atom stereocenters. The lowest BCUT2D eigenvalue weighted by molar-refractivity contribution is -0.0501. The fourth-order valence-electron chi connectivity index (χ4n) is 1.59. The molecular weight excluding hydrogens is 294 g/mol. The molecule has 5 heteroatoms. The average Bonchev–Trinajstić information content (AvgIpc) is 2.28. The summed E-state index contributed by atoms with van der Waals surface area (Å²) in [4.78, 5) is 11.9. The van der Waals surface area contributed by atoms with E-state index in [0.29, 0.717) is 11.8 Å². The summed E-state index contributed by atoms with van der Waals surface area (Å²) in [6.07, 6.45) is 0.862. The van der Waals surface area contributed by atoms with Crippen molar-refractivity contribution in [1.29, 1.82) is 0 Å². The Labute approximate surface area is 107 Å². The van der Waals surface area contributed by atoms with Crippen molar-refractivity contribution >= 4 is 21.7 Å². The summed E-state index contributed by atoms with van der Waals surface area (Å²) in [7, 11) is 0. The molecule has 0 spiro atoms. The summed E-state index contributed by atoms with van der Waals surface area (Å²) in [5, 5.41) is 0.498. The SMILES string of the molecule is CCc1cccc(OC(F)F)c1C(=O)CCBr. The molecule has 0 unspecified atom stereocenters. The first kappa shape index (κ1) is 14.1. The molecule has 94 valence electrons. The lowest BCUT2D eigenvalue weighted by Crippen LogP contribution is -2.11. The van der Waals surface area contributed by atoms with E-state index in [-0.39, 0.29) is 23.5 Å². The maximum atomic E-state index is 12.2. The smallest absolute Gasteiger partial charge is 0.387 e. The van der Waals surface area contributed by atoms with Crippen LogP contribution in [0.1, 0.15) is 29.3 Å². The van der Waals surface area contributed by atoms with Gasteiger partial charge in [0.25, 0.3) is 0 Å². The van der Waals surface area contributed by atoms with Crippen LogP contribution in [0.4, 0.5) is 8.78 Å². The predicted octanol–water partition coefficient (Wildman–Crippen LogP) is 3.82. The van der Waals surface area contributed by atoms with Crippen LogP contribution in [0.25, 0.3) is 0 Å². The van der Waals surface area contributed by atoms with Crippen LogP contribution >= 0.6 is 15.9 Å². The molecule has 0 amide bonds. The van der Waals surface area contributed by atoms with E-state index >= 15 is 0 Å². The van der Waals surface area contributed by atoms with E-state index in [4.69, 9.17) is 0 Å². The van der Waals surface area contributed by atoms with Crippen molar-refractivity contribution in [2.24, 2.45) is 0 Å². The summed E-state index contributed by atoms with van der Waals surface area (Å²) in [5.74, 6) is -0.222. The first-order valence-corrected chi connectivity index (χ1v) is 6.38. The highest BCUT2D eigenvalue weighted by molar-refractivity contribution is 9.09. The molecule has 0 N–H and O–H groups in total. The van der Waals surface area contributed by atoms with Crippen LogP contribution < -0.4 is 4.74 Å². The van der Waals surface area contributed by atoms with Gasteiger partial charge in [-0.2, -0.15) is 8.78 Å². The number of aryl methyl sites for hydroxylation is 1. The van der Waals surface area contributed by atoms with Crippen molar-refractivity contribution in [1.82, 2.24) is 0 Å². The third-order valence-corrected chi connectivity index (χ3v) is 2.71. The lowest BCUT2D eigenvalue weighted by Gasteiger charge is -2.13. The molecule has 17 heavy (non-hydrogen) atoms. The molecule has 0 aliphatic heterocycles. The normalized spacial score (nSPS) is 10.6. The topological polar surface area (TPSA) is 26.3 Å². The highest BCUT2D eigenvalue weighted by Gasteiger charge is 2.18. The number of halogens is 3. The number of hydrogen-bond acceptors (Lipinski definition) is 2. The number of ether oxygens (including phenoxy) is 1. The second kappa shape index (κ2) is 6.69. The van der Waals surface area contributed by atoms with Gasteiger partial charge in [-0.1, -0.05) is 35.0 Å². The van der Waals surface area contributed by atoms with Crippen LogP contribution in [0.2, 0.25) is 0 Å². The minimum absolute atomic E-state index is 0.0368. The molecule has 1 rings (SSSR count). The second-order valence-corrected chi connectivity index (χ2v) is 4.18. The van der Waals surface area contributed by atoms with Crippen molar-refractivity contribution in [3.05, 3.63) is 29.3 Å². The number of rotatable bonds is 6. The fourth-order valence-corrected chi connectivity index (χ4v) is 1.95. The largest absolute Gasteiger partial charge is 0.434 e. The van der Waals surface area contributed by atoms with Gasteiger partial charge >= 0.3 is 6.61 Å². The zero-order valence-corrected chi connectivity index (χ0v) is 11.0.